The van der Waals surface area contributed by atoms with E-state index in [9.17, 15) is 0 Å². The first kappa shape index (κ1) is 14.2. The van der Waals surface area contributed by atoms with Gasteiger partial charge in [0.25, 0.3) is 0 Å². The molecular weight excluding hydrogens is 264 g/mol. The molecule has 1 saturated heterocycles. The Labute approximate surface area is 125 Å². The van der Waals surface area contributed by atoms with Crippen molar-refractivity contribution in [2.75, 3.05) is 13.2 Å². The van der Waals surface area contributed by atoms with E-state index in [0.29, 0.717) is 5.92 Å². The third kappa shape index (κ3) is 3.49. The van der Waals surface area contributed by atoms with E-state index in [0.717, 1.165) is 32.7 Å². The lowest BCUT2D eigenvalue weighted by Gasteiger charge is -2.17. The molecule has 0 unspecified atom stereocenters. The zero-order valence-corrected chi connectivity index (χ0v) is 12.4. The number of ether oxygens (including phenoxy) is 1. The molecule has 1 N–H and O–H groups in total. The van der Waals surface area contributed by atoms with Crippen LogP contribution in [0.5, 0.6) is 0 Å². The van der Waals surface area contributed by atoms with Gasteiger partial charge >= 0.3 is 0 Å². The standard InChI is InChI=1S/C16H22N4O/c1-2-20-12-15(11-19-20)16-14(5-8-21-16)10-18-9-13-3-6-17-7-4-13/h3-4,6-7,11-12,14,16,18H,2,5,8-10H2,1H3/t14-,16-/m0/s1. The molecule has 3 heterocycles. The molecule has 5 heteroatoms. The van der Waals surface area contributed by atoms with Crippen molar-refractivity contribution in [3.05, 3.63) is 48.0 Å². The molecule has 112 valence electrons. The Balaban J connectivity index is 1.54. The van der Waals surface area contributed by atoms with Crippen LogP contribution < -0.4 is 5.32 Å². The van der Waals surface area contributed by atoms with Crippen LogP contribution in [0.3, 0.4) is 0 Å². The lowest BCUT2D eigenvalue weighted by atomic mass is 9.97. The van der Waals surface area contributed by atoms with Gasteiger partial charge in [-0.15, -0.1) is 0 Å². The molecule has 1 aliphatic rings. The lowest BCUT2D eigenvalue weighted by molar-refractivity contribution is 0.0904. The van der Waals surface area contributed by atoms with Crippen molar-refractivity contribution in [3.63, 3.8) is 0 Å². The number of nitrogens with one attached hydrogen (secondary N) is 1. The highest BCUT2D eigenvalue weighted by Gasteiger charge is 2.30. The molecule has 0 spiro atoms. The van der Waals surface area contributed by atoms with Crippen molar-refractivity contribution < 1.29 is 4.74 Å². The predicted octanol–water partition coefficient (Wildman–Crippen LogP) is 2.17. The quantitative estimate of drug-likeness (QED) is 0.884. The lowest BCUT2D eigenvalue weighted by Crippen LogP contribution is -2.24. The van der Waals surface area contributed by atoms with Crippen molar-refractivity contribution >= 4 is 0 Å². The number of hydrogen-bond donors (Lipinski definition) is 1. The Kier molecular flexibility index (Phi) is 4.62. The Morgan fingerprint density at radius 3 is 3.00 bits per heavy atom. The van der Waals surface area contributed by atoms with Crippen LogP contribution in [0, 0.1) is 5.92 Å². The largest absolute Gasteiger partial charge is 0.373 e. The fourth-order valence-electron chi connectivity index (χ4n) is 2.81. The van der Waals surface area contributed by atoms with Crippen LogP contribution >= 0.6 is 0 Å². The predicted molar refractivity (Wildman–Crippen MR) is 80.6 cm³/mol. The van der Waals surface area contributed by atoms with Crippen molar-refractivity contribution in [1.82, 2.24) is 20.1 Å². The van der Waals surface area contributed by atoms with Crippen LogP contribution in [-0.4, -0.2) is 27.9 Å². The molecule has 0 amide bonds. The molecule has 21 heavy (non-hydrogen) atoms. The number of nitrogens with zero attached hydrogens (tertiary/aromatic N) is 3. The van der Waals surface area contributed by atoms with Gasteiger partial charge in [0.2, 0.25) is 0 Å². The Bertz CT molecular complexity index is 554. The molecule has 0 aromatic carbocycles. The number of hydrogen-bond acceptors (Lipinski definition) is 4. The third-order valence-electron chi connectivity index (χ3n) is 4.00. The van der Waals surface area contributed by atoms with E-state index < -0.39 is 0 Å². The molecule has 1 fully saturated rings. The molecule has 2 atom stereocenters. The normalized spacial score (nSPS) is 21.8. The number of aromatic nitrogens is 3. The molecule has 2 aromatic rings. The van der Waals surface area contributed by atoms with Gasteiger partial charge in [0.05, 0.1) is 12.3 Å². The molecule has 0 radical (unpaired) electrons. The first-order valence-corrected chi connectivity index (χ1v) is 7.60. The van der Waals surface area contributed by atoms with E-state index >= 15 is 0 Å². The number of rotatable bonds is 6. The van der Waals surface area contributed by atoms with E-state index in [4.69, 9.17) is 4.74 Å². The Hall–Kier alpha value is -1.72. The Morgan fingerprint density at radius 1 is 1.38 bits per heavy atom. The highest BCUT2D eigenvalue weighted by atomic mass is 16.5. The topological polar surface area (TPSA) is 52.0 Å². The second-order valence-corrected chi connectivity index (χ2v) is 5.46. The SMILES string of the molecule is CCn1cc([C@H]2OCC[C@H]2CNCc2ccncc2)cn1. The van der Waals surface area contributed by atoms with Gasteiger partial charge in [-0.1, -0.05) is 0 Å². The van der Waals surface area contributed by atoms with Crippen molar-refractivity contribution in [2.24, 2.45) is 5.92 Å². The minimum atomic E-state index is 0.176. The van der Waals surface area contributed by atoms with Gasteiger partial charge in [0.15, 0.2) is 0 Å². The van der Waals surface area contributed by atoms with Crippen LogP contribution in [0.15, 0.2) is 36.9 Å². The first-order valence-electron chi connectivity index (χ1n) is 7.60. The maximum absolute atomic E-state index is 5.91. The summed E-state index contributed by atoms with van der Waals surface area (Å²) >= 11 is 0. The molecular formula is C16H22N4O. The summed E-state index contributed by atoms with van der Waals surface area (Å²) in [7, 11) is 0. The fourth-order valence-corrected chi connectivity index (χ4v) is 2.81. The maximum Gasteiger partial charge on any atom is 0.0896 e. The summed E-state index contributed by atoms with van der Waals surface area (Å²) in [4.78, 5) is 4.04. The van der Waals surface area contributed by atoms with Gasteiger partial charge in [-0.05, 0) is 31.0 Å². The van der Waals surface area contributed by atoms with Gasteiger partial charge < -0.3 is 10.1 Å². The van der Waals surface area contributed by atoms with Crippen molar-refractivity contribution in [3.8, 4) is 0 Å². The second-order valence-electron chi connectivity index (χ2n) is 5.46. The number of aryl methyl sites for hydroxylation is 1. The molecule has 1 aliphatic heterocycles. The minimum absolute atomic E-state index is 0.176. The summed E-state index contributed by atoms with van der Waals surface area (Å²) in [6, 6.07) is 4.09. The van der Waals surface area contributed by atoms with Crippen molar-refractivity contribution in [2.45, 2.75) is 32.5 Å². The van der Waals surface area contributed by atoms with Crippen LogP contribution in [-0.2, 0) is 17.8 Å². The smallest absolute Gasteiger partial charge is 0.0896 e. The minimum Gasteiger partial charge on any atom is -0.373 e. The average Bonchev–Trinajstić information content (AvgIpc) is 3.16. The van der Waals surface area contributed by atoms with E-state index in [1.165, 1.54) is 11.1 Å². The van der Waals surface area contributed by atoms with Crippen molar-refractivity contribution in [1.29, 1.82) is 0 Å². The number of pyridine rings is 1. The highest BCUT2D eigenvalue weighted by Crippen LogP contribution is 2.33. The van der Waals surface area contributed by atoms with E-state index in [-0.39, 0.29) is 6.10 Å². The van der Waals surface area contributed by atoms with Crippen LogP contribution in [0.25, 0.3) is 0 Å². The van der Waals surface area contributed by atoms with Gasteiger partial charge in [-0.25, -0.2) is 0 Å². The second kappa shape index (κ2) is 6.83. The average molecular weight is 286 g/mol. The van der Waals surface area contributed by atoms with Gasteiger partial charge in [-0.2, -0.15) is 5.10 Å². The van der Waals surface area contributed by atoms with Crippen LogP contribution in [0.2, 0.25) is 0 Å². The van der Waals surface area contributed by atoms with Gasteiger partial charge in [0.1, 0.15) is 0 Å². The summed E-state index contributed by atoms with van der Waals surface area (Å²) in [6.45, 7) is 5.67. The molecule has 3 rings (SSSR count). The third-order valence-corrected chi connectivity index (χ3v) is 4.00. The van der Waals surface area contributed by atoms with Gasteiger partial charge in [-0.3, -0.25) is 9.67 Å². The fraction of sp³-hybridized carbons (Fsp3) is 0.500. The Morgan fingerprint density at radius 2 is 2.24 bits per heavy atom. The monoisotopic (exact) mass is 286 g/mol. The summed E-state index contributed by atoms with van der Waals surface area (Å²) in [5.41, 5.74) is 2.46. The van der Waals surface area contributed by atoms with Crippen LogP contribution in [0.1, 0.15) is 30.6 Å². The van der Waals surface area contributed by atoms with E-state index in [2.05, 4.69) is 28.5 Å². The van der Waals surface area contributed by atoms with Gasteiger partial charge in [0, 0.05) is 56.3 Å². The maximum atomic E-state index is 5.91. The zero-order valence-electron chi connectivity index (χ0n) is 12.4. The summed E-state index contributed by atoms with van der Waals surface area (Å²) in [5.74, 6) is 0.515. The molecule has 0 bridgehead atoms. The summed E-state index contributed by atoms with van der Waals surface area (Å²) < 4.78 is 7.87. The molecule has 0 saturated carbocycles. The zero-order chi connectivity index (χ0) is 14.5. The first-order chi connectivity index (χ1) is 10.4. The molecule has 5 nitrogen and oxygen atoms in total. The molecule has 2 aromatic heterocycles. The highest BCUT2D eigenvalue weighted by molar-refractivity contribution is 5.12. The summed E-state index contributed by atoms with van der Waals surface area (Å²) in [6.07, 6.45) is 8.98. The van der Waals surface area contributed by atoms with Crippen LogP contribution in [0.4, 0.5) is 0 Å². The molecule has 0 aliphatic carbocycles. The van der Waals surface area contributed by atoms with E-state index in [1.54, 1.807) is 0 Å². The summed E-state index contributed by atoms with van der Waals surface area (Å²) in [5, 5.41) is 7.88. The van der Waals surface area contributed by atoms with E-state index in [1.807, 2.05) is 35.4 Å².